The number of carbonyl (C=O) groups is 1. The van der Waals surface area contributed by atoms with E-state index in [1.807, 2.05) is 0 Å². The van der Waals surface area contributed by atoms with E-state index in [1.54, 1.807) is 36.4 Å². The molecule has 2 rings (SSSR count). The Bertz CT molecular complexity index is 689. The van der Waals surface area contributed by atoms with Gasteiger partial charge in [-0.1, -0.05) is 28.1 Å². The van der Waals surface area contributed by atoms with Crippen LogP contribution in [-0.4, -0.2) is 19.3 Å². The number of anilines is 1. The Morgan fingerprint density at radius 1 is 1.33 bits per heavy atom. The summed E-state index contributed by atoms with van der Waals surface area (Å²) in [5, 5.41) is 3.95. The number of ether oxygens (including phenoxy) is 1. The van der Waals surface area contributed by atoms with Crippen molar-refractivity contribution >= 4 is 33.8 Å². The van der Waals surface area contributed by atoms with Crippen molar-refractivity contribution in [2.45, 2.75) is 0 Å². The first kappa shape index (κ1) is 15.2. The number of hydrogen-bond donors (Lipinski definition) is 1. The van der Waals surface area contributed by atoms with Crippen molar-refractivity contribution in [2.24, 2.45) is 5.10 Å². The second-order valence-corrected chi connectivity index (χ2v) is 4.99. The van der Waals surface area contributed by atoms with Crippen LogP contribution >= 0.6 is 15.9 Å². The molecule has 0 spiro atoms. The molecule has 0 aliphatic rings. The SMILES string of the molecule is COC(=O)c1ccccc1NN=Cc1cc(Br)ccc1F. The number of para-hydroxylation sites is 1. The minimum absolute atomic E-state index is 0.326. The number of esters is 1. The van der Waals surface area contributed by atoms with E-state index in [0.29, 0.717) is 16.8 Å². The van der Waals surface area contributed by atoms with Crippen LogP contribution in [0.5, 0.6) is 0 Å². The van der Waals surface area contributed by atoms with Gasteiger partial charge < -0.3 is 4.74 Å². The summed E-state index contributed by atoms with van der Waals surface area (Å²) in [6.45, 7) is 0. The summed E-state index contributed by atoms with van der Waals surface area (Å²) in [6.07, 6.45) is 1.34. The summed E-state index contributed by atoms with van der Waals surface area (Å²) >= 11 is 3.26. The fourth-order valence-corrected chi connectivity index (χ4v) is 2.03. The Hall–Kier alpha value is -2.21. The molecule has 0 heterocycles. The number of hydrogen-bond acceptors (Lipinski definition) is 4. The minimum Gasteiger partial charge on any atom is -0.465 e. The zero-order chi connectivity index (χ0) is 15.2. The van der Waals surface area contributed by atoms with Crippen molar-refractivity contribution in [2.75, 3.05) is 12.5 Å². The topological polar surface area (TPSA) is 50.7 Å². The lowest BCUT2D eigenvalue weighted by Crippen LogP contribution is -2.05. The summed E-state index contributed by atoms with van der Waals surface area (Å²) in [6, 6.07) is 11.3. The lowest BCUT2D eigenvalue weighted by atomic mass is 10.2. The number of nitrogens with one attached hydrogen (secondary N) is 1. The fourth-order valence-electron chi connectivity index (χ4n) is 1.65. The first-order valence-corrected chi connectivity index (χ1v) is 6.82. The number of methoxy groups -OCH3 is 1. The highest BCUT2D eigenvalue weighted by Crippen LogP contribution is 2.17. The number of benzene rings is 2. The Labute approximate surface area is 129 Å². The first-order chi connectivity index (χ1) is 10.1. The van der Waals surface area contributed by atoms with Gasteiger partial charge in [-0.3, -0.25) is 5.43 Å². The molecule has 1 N–H and O–H groups in total. The molecule has 21 heavy (non-hydrogen) atoms. The van der Waals surface area contributed by atoms with Crippen molar-refractivity contribution < 1.29 is 13.9 Å². The molecule has 0 aliphatic heterocycles. The van der Waals surface area contributed by atoms with E-state index in [2.05, 4.69) is 31.2 Å². The zero-order valence-corrected chi connectivity index (χ0v) is 12.7. The highest BCUT2D eigenvalue weighted by atomic mass is 79.9. The minimum atomic E-state index is -0.470. The van der Waals surface area contributed by atoms with E-state index < -0.39 is 5.97 Å². The van der Waals surface area contributed by atoms with E-state index in [9.17, 15) is 9.18 Å². The van der Waals surface area contributed by atoms with E-state index >= 15 is 0 Å². The maximum Gasteiger partial charge on any atom is 0.340 e. The number of halogens is 2. The highest BCUT2D eigenvalue weighted by Gasteiger charge is 2.10. The van der Waals surface area contributed by atoms with Gasteiger partial charge in [0.2, 0.25) is 0 Å². The first-order valence-electron chi connectivity index (χ1n) is 6.03. The standard InChI is InChI=1S/C15H12BrFN2O2/c1-21-15(20)12-4-2-3-5-14(12)19-18-9-10-8-11(16)6-7-13(10)17/h2-9,19H,1H3. The quantitative estimate of drug-likeness (QED) is 0.518. The average Bonchev–Trinajstić information content (AvgIpc) is 2.50. The number of carbonyl (C=O) groups excluding carboxylic acids is 1. The van der Waals surface area contributed by atoms with Crippen molar-refractivity contribution in [1.82, 2.24) is 0 Å². The summed E-state index contributed by atoms with van der Waals surface area (Å²) in [5.74, 6) is -0.855. The van der Waals surface area contributed by atoms with Gasteiger partial charge in [-0.05, 0) is 30.3 Å². The number of rotatable bonds is 4. The predicted octanol–water partition coefficient (Wildman–Crippen LogP) is 3.82. The van der Waals surface area contributed by atoms with Crippen LogP contribution in [-0.2, 0) is 4.74 Å². The third kappa shape index (κ3) is 3.88. The molecule has 0 saturated heterocycles. The molecule has 2 aromatic carbocycles. The molecule has 0 radical (unpaired) electrons. The highest BCUT2D eigenvalue weighted by molar-refractivity contribution is 9.10. The summed E-state index contributed by atoms with van der Waals surface area (Å²) in [7, 11) is 1.30. The van der Waals surface area contributed by atoms with Crippen LogP contribution < -0.4 is 5.43 Å². The average molecular weight is 351 g/mol. The monoisotopic (exact) mass is 350 g/mol. The molecule has 108 valence electrons. The Morgan fingerprint density at radius 3 is 2.86 bits per heavy atom. The second-order valence-electron chi connectivity index (χ2n) is 4.07. The number of nitrogens with zero attached hydrogens (tertiary/aromatic N) is 1. The van der Waals surface area contributed by atoms with Crippen LogP contribution in [0, 0.1) is 5.82 Å². The molecule has 0 amide bonds. The lowest BCUT2D eigenvalue weighted by Gasteiger charge is -2.06. The molecular formula is C15H12BrFN2O2. The van der Waals surface area contributed by atoms with E-state index in [-0.39, 0.29) is 5.82 Å². The van der Waals surface area contributed by atoms with Crippen LogP contribution in [0.3, 0.4) is 0 Å². The normalized spacial score (nSPS) is 10.6. The van der Waals surface area contributed by atoms with E-state index in [0.717, 1.165) is 4.47 Å². The van der Waals surface area contributed by atoms with Crippen LogP contribution in [0.2, 0.25) is 0 Å². The van der Waals surface area contributed by atoms with Crippen molar-refractivity contribution in [1.29, 1.82) is 0 Å². The van der Waals surface area contributed by atoms with Crippen molar-refractivity contribution in [3.63, 3.8) is 0 Å². The molecule has 4 nitrogen and oxygen atoms in total. The summed E-state index contributed by atoms with van der Waals surface area (Å²) in [5.41, 5.74) is 3.87. The smallest absolute Gasteiger partial charge is 0.340 e. The number of hydrazone groups is 1. The van der Waals surface area contributed by atoms with Crippen LogP contribution in [0.1, 0.15) is 15.9 Å². The van der Waals surface area contributed by atoms with Crippen LogP contribution in [0.15, 0.2) is 52.0 Å². The second kappa shape index (κ2) is 6.99. The Kier molecular flexibility index (Phi) is 5.05. The third-order valence-electron chi connectivity index (χ3n) is 2.68. The summed E-state index contributed by atoms with van der Waals surface area (Å²) < 4.78 is 19.0. The molecule has 0 aromatic heterocycles. The van der Waals surface area contributed by atoms with Gasteiger partial charge in [-0.15, -0.1) is 0 Å². The van der Waals surface area contributed by atoms with Crippen molar-refractivity contribution in [3.05, 3.63) is 63.9 Å². The Balaban J connectivity index is 2.18. The fraction of sp³-hybridized carbons (Fsp3) is 0.0667. The van der Waals surface area contributed by atoms with Crippen LogP contribution in [0.4, 0.5) is 10.1 Å². The van der Waals surface area contributed by atoms with E-state index in [1.165, 1.54) is 19.4 Å². The van der Waals surface area contributed by atoms with Gasteiger partial charge >= 0.3 is 5.97 Å². The molecule has 0 atom stereocenters. The maximum atomic E-state index is 13.5. The molecule has 0 saturated carbocycles. The molecule has 0 unspecified atom stereocenters. The van der Waals surface area contributed by atoms with Gasteiger partial charge in [0.05, 0.1) is 24.6 Å². The molecule has 0 bridgehead atoms. The lowest BCUT2D eigenvalue weighted by molar-refractivity contribution is 0.0602. The molecule has 0 aliphatic carbocycles. The maximum absolute atomic E-state index is 13.5. The third-order valence-corrected chi connectivity index (χ3v) is 3.17. The Morgan fingerprint density at radius 2 is 2.10 bits per heavy atom. The van der Waals surface area contributed by atoms with E-state index in [4.69, 9.17) is 0 Å². The molecule has 6 heteroatoms. The van der Waals surface area contributed by atoms with Gasteiger partial charge in [-0.25, -0.2) is 9.18 Å². The predicted molar refractivity (Wildman–Crippen MR) is 83.1 cm³/mol. The van der Waals surface area contributed by atoms with Gasteiger partial charge in [-0.2, -0.15) is 5.10 Å². The molecule has 0 fully saturated rings. The van der Waals surface area contributed by atoms with Gasteiger partial charge in [0, 0.05) is 10.0 Å². The summed E-state index contributed by atoms with van der Waals surface area (Å²) in [4.78, 5) is 11.6. The van der Waals surface area contributed by atoms with Crippen LogP contribution in [0.25, 0.3) is 0 Å². The molecule has 2 aromatic rings. The van der Waals surface area contributed by atoms with Gasteiger partial charge in [0.1, 0.15) is 5.82 Å². The van der Waals surface area contributed by atoms with Gasteiger partial charge in [0.25, 0.3) is 0 Å². The zero-order valence-electron chi connectivity index (χ0n) is 11.1. The largest absolute Gasteiger partial charge is 0.465 e. The molecular weight excluding hydrogens is 339 g/mol. The van der Waals surface area contributed by atoms with Gasteiger partial charge in [0.15, 0.2) is 0 Å². The van der Waals surface area contributed by atoms with Crippen molar-refractivity contribution in [3.8, 4) is 0 Å².